The van der Waals surface area contributed by atoms with E-state index < -0.39 is 0 Å². The van der Waals surface area contributed by atoms with E-state index in [1.54, 1.807) is 25.1 Å². The van der Waals surface area contributed by atoms with Crippen LogP contribution < -0.4 is 5.48 Å². The summed E-state index contributed by atoms with van der Waals surface area (Å²) in [6.07, 6.45) is 3.01. The van der Waals surface area contributed by atoms with Crippen LogP contribution in [-0.2, 0) is 16.6 Å². The molecule has 1 amide bonds. The number of hydrogen-bond donors (Lipinski definition) is 1. The predicted molar refractivity (Wildman–Crippen MR) is 48.5 cm³/mol. The topological polar surface area (TPSA) is 65.4 Å². The number of ether oxygens (including phenoxy) is 1. The van der Waals surface area contributed by atoms with Gasteiger partial charge < -0.3 is 9.30 Å². The van der Waals surface area contributed by atoms with Crippen LogP contribution in [0.2, 0.25) is 0 Å². The highest BCUT2D eigenvalue weighted by atomic mass is 16.7. The Morgan fingerprint density at radius 1 is 1.64 bits per heavy atom. The minimum Gasteiger partial charge on any atom is -0.382 e. The van der Waals surface area contributed by atoms with Gasteiger partial charge in [0, 0.05) is 14.2 Å². The summed E-state index contributed by atoms with van der Waals surface area (Å²) >= 11 is 0. The molecule has 6 heteroatoms. The molecule has 0 aliphatic rings. The monoisotopic (exact) mass is 199 g/mol. The van der Waals surface area contributed by atoms with Gasteiger partial charge in [0.1, 0.15) is 5.69 Å². The predicted octanol–water partition coefficient (Wildman–Crippen LogP) is -0.272. The molecule has 1 rings (SSSR count). The van der Waals surface area contributed by atoms with Crippen molar-refractivity contribution in [1.82, 2.24) is 15.0 Å². The minimum absolute atomic E-state index is 0.318. The van der Waals surface area contributed by atoms with Crippen molar-refractivity contribution in [3.63, 3.8) is 0 Å². The van der Waals surface area contributed by atoms with Crippen LogP contribution in [0.3, 0.4) is 0 Å². The van der Waals surface area contributed by atoms with Gasteiger partial charge in [0.25, 0.3) is 5.91 Å². The van der Waals surface area contributed by atoms with Crippen LogP contribution in [-0.4, -0.2) is 35.8 Å². The lowest BCUT2D eigenvalue weighted by molar-refractivity contribution is 0.00839. The number of nitrogens with zero attached hydrogens (tertiary/aromatic N) is 2. The second-order valence-corrected chi connectivity index (χ2v) is 2.66. The van der Waals surface area contributed by atoms with Crippen LogP contribution in [0, 0.1) is 0 Å². The fourth-order valence-electron chi connectivity index (χ4n) is 0.870. The number of hydrogen-bond acceptors (Lipinski definition) is 4. The molecule has 1 aromatic rings. The van der Waals surface area contributed by atoms with Gasteiger partial charge in [-0.3, -0.25) is 9.63 Å². The molecule has 0 atom stereocenters. The van der Waals surface area contributed by atoms with Crippen LogP contribution >= 0.6 is 0 Å². The van der Waals surface area contributed by atoms with Gasteiger partial charge in [-0.15, -0.1) is 0 Å². The molecule has 0 saturated carbocycles. The van der Waals surface area contributed by atoms with E-state index >= 15 is 0 Å². The van der Waals surface area contributed by atoms with E-state index in [4.69, 9.17) is 9.57 Å². The van der Waals surface area contributed by atoms with E-state index in [1.807, 2.05) is 0 Å². The van der Waals surface area contributed by atoms with Crippen molar-refractivity contribution in [1.29, 1.82) is 0 Å². The molecule has 0 saturated heterocycles. The molecule has 6 nitrogen and oxygen atoms in total. The SMILES string of the molecule is COCCONC(=O)c1cncn1C. The van der Waals surface area contributed by atoms with Gasteiger partial charge in [-0.25, -0.2) is 10.5 Å². The zero-order valence-electron chi connectivity index (χ0n) is 8.19. The largest absolute Gasteiger partial charge is 0.382 e. The minimum atomic E-state index is -0.318. The molecule has 0 aliphatic heterocycles. The Hall–Kier alpha value is -1.40. The number of carbonyl (C=O) groups is 1. The average molecular weight is 199 g/mol. The molecule has 0 radical (unpaired) electrons. The number of aromatic nitrogens is 2. The van der Waals surface area contributed by atoms with Crippen LogP contribution in [0.5, 0.6) is 0 Å². The zero-order valence-corrected chi connectivity index (χ0v) is 8.19. The fraction of sp³-hybridized carbons (Fsp3) is 0.500. The normalized spacial score (nSPS) is 10.1. The molecule has 0 unspecified atom stereocenters. The second-order valence-electron chi connectivity index (χ2n) is 2.66. The highest BCUT2D eigenvalue weighted by Gasteiger charge is 2.08. The van der Waals surface area contributed by atoms with Crippen LogP contribution in [0.15, 0.2) is 12.5 Å². The highest BCUT2D eigenvalue weighted by molar-refractivity contribution is 5.91. The van der Waals surface area contributed by atoms with Crippen molar-refractivity contribution >= 4 is 5.91 Å². The Bertz CT molecular complexity index is 298. The van der Waals surface area contributed by atoms with Crippen LogP contribution in [0.4, 0.5) is 0 Å². The van der Waals surface area contributed by atoms with Gasteiger partial charge in [-0.2, -0.15) is 0 Å². The van der Waals surface area contributed by atoms with E-state index in [-0.39, 0.29) is 5.91 Å². The van der Waals surface area contributed by atoms with E-state index in [0.29, 0.717) is 18.9 Å². The third-order valence-corrected chi connectivity index (χ3v) is 1.60. The summed E-state index contributed by atoms with van der Waals surface area (Å²) in [5.41, 5.74) is 2.73. The molecule has 78 valence electrons. The van der Waals surface area contributed by atoms with Crippen molar-refractivity contribution in [3.05, 3.63) is 18.2 Å². The molecule has 0 spiro atoms. The maximum atomic E-state index is 11.4. The highest BCUT2D eigenvalue weighted by Crippen LogP contribution is 1.94. The Labute approximate surface area is 81.8 Å². The number of hydroxylamine groups is 1. The lowest BCUT2D eigenvalue weighted by Crippen LogP contribution is -2.26. The summed E-state index contributed by atoms with van der Waals surface area (Å²) in [6.45, 7) is 0.756. The van der Waals surface area contributed by atoms with E-state index in [0.717, 1.165) is 0 Å². The maximum absolute atomic E-state index is 11.4. The zero-order chi connectivity index (χ0) is 10.4. The molecule has 1 aromatic heterocycles. The second kappa shape index (κ2) is 5.36. The summed E-state index contributed by atoms with van der Waals surface area (Å²) in [4.78, 5) is 20.0. The molecule has 0 aliphatic carbocycles. The molecule has 1 N–H and O–H groups in total. The van der Waals surface area contributed by atoms with Gasteiger partial charge in [0.2, 0.25) is 0 Å². The molecular weight excluding hydrogens is 186 g/mol. The van der Waals surface area contributed by atoms with Gasteiger partial charge in [0.05, 0.1) is 25.7 Å². The van der Waals surface area contributed by atoms with Crippen molar-refractivity contribution in [3.8, 4) is 0 Å². The standard InChI is InChI=1S/C8H13N3O3/c1-11-6-9-5-7(11)8(12)10-14-4-3-13-2/h5-6H,3-4H2,1-2H3,(H,10,12). The molecule has 0 fully saturated rings. The number of methoxy groups -OCH3 is 1. The Balaban J connectivity index is 2.32. The van der Waals surface area contributed by atoms with Crippen LogP contribution in [0.25, 0.3) is 0 Å². The van der Waals surface area contributed by atoms with Gasteiger partial charge in [-0.1, -0.05) is 0 Å². The molecular formula is C8H13N3O3. The lowest BCUT2D eigenvalue weighted by Gasteiger charge is -2.04. The first-order valence-corrected chi connectivity index (χ1v) is 4.13. The van der Waals surface area contributed by atoms with Crippen molar-refractivity contribution in [2.24, 2.45) is 7.05 Å². The van der Waals surface area contributed by atoms with Crippen LogP contribution in [0.1, 0.15) is 10.5 Å². The van der Waals surface area contributed by atoms with E-state index in [9.17, 15) is 4.79 Å². The number of rotatable bonds is 5. The number of carbonyl (C=O) groups excluding carboxylic acids is 1. The summed E-state index contributed by atoms with van der Waals surface area (Å²) in [5.74, 6) is -0.318. The van der Waals surface area contributed by atoms with Gasteiger partial charge >= 0.3 is 0 Å². The molecule has 1 heterocycles. The maximum Gasteiger partial charge on any atom is 0.293 e. The summed E-state index contributed by atoms with van der Waals surface area (Å²) < 4.78 is 6.35. The number of aryl methyl sites for hydroxylation is 1. The first kappa shape index (κ1) is 10.7. The van der Waals surface area contributed by atoms with Crippen molar-refractivity contribution in [2.75, 3.05) is 20.3 Å². The Morgan fingerprint density at radius 3 is 3.00 bits per heavy atom. The van der Waals surface area contributed by atoms with E-state index in [1.165, 1.54) is 6.20 Å². The smallest absolute Gasteiger partial charge is 0.293 e. The number of amides is 1. The first-order valence-electron chi connectivity index (χ1n) is 4.13. The summed E-state index contributed by atoms with van der Waals surface area (Å²) in [6, 6.07) is 0. The first-order chi connectivity index (χ1) is 6.75. The third-order valence-electron chi connectivity index (χ3n) is 1.60. The Kier molecular flexibility index (Phi) is 4.09. The fourth-order valence-corrected chi connectivity index (χ4v) is 0.870. The molecule has 0 bridgehead atoms. The lowest BCUT2D eigenvalue weighted by atomic mass is 10.4. The summed E-state index contributed by atoms with van der Waals surface area (Å²) in [5, 5.41) is 0. The number of imidazole rings is 1. The number of nitrogens with one attached hydrogen (secondary N) is 1. The van der Waals surface area contributed by atoms with Gasteiger partial charge in [-0.05, 0) is 0 Å². The Morgan fingerprint density at radius 2 is 2.43 bits per heavy atom. The average Bonchev–Trinajstić information content (AvgIpc) is 2.59. The van der Waals surface area contributed by atoms with Crippen molar-refractivity contribution < 1.29 is 14.4 Å². The molecule has 0 aromatic carbocycles. The van der Waals surface area contributed by atoms with E-state index in [2.05, 4.69) is 10.5 Å². The van der Waals surface area contributed by atoms with Crippen molar-refractivity contribution in [2.45, 2.75) is 0 Å². The molecule has 14 heavy (non-hydrogen) atoms. The third kappa shape index (κ3) is 2.82. The van der Waals surface area contributed by atoms with Gasteiger partial charge in [0.15, 0.2) is 0 Å². The summed E-state index contributed by atoms with van der Waals surface area (Å²) in [7, 11) is 3.30. The quantitative estimate of drug-likeness (QED) is 0.523.